The summed E-state index contributed by atoms with van der Waals surface area (Å²) in [6.07, 6.45) is 4.45. The summed E-state index contributed by atoms with van der Waals surface area (Å²) in [5.74, 6) is -0.700. The number of rotatable bonds is 5. The fourth-order valence-corrected chi connectivity index (χ4v) is 1.74. The van der Waals surface area contributed by atoms with Crippen LogP contribution in [0.5, 0.6) is 0 Å². The first kappa shape index (κ1) is 15.2. The van der Waals surface area contributed by atoms with Crippen LogP contribution in [0, 0.1) is 0 Å². The van der Waals surface area contributed by atoms with Crippen molar-refractivity contribution in [3.8, 4) is 11.4 Å². The molecule has 0 aliphatic heterocycles. The first-order valence-electron chi connectivity index (χ1n) is 6.39. The van der Waals surface area contributed by atoms with Crippen LogP contribution in [-0.4, -0.2) is 25.1 Å². The van der Waals surface area contributed by atoms with Crippen LogP contribution in [0.25, 0.3) is 11.4 Å². The van der Waals surface area contributed by atoms with Gasteiger partial charge in [-0.1, -0.05) is 11.2 Å². The van der Waals surface area contributed by atoms with Gasteiger partial charge in [0.2, 0.25) is 11.8 Å². The molecule has 3 aromatic heterocycles. The number of anilines is 1. The predicted molar refractivity (Wildman–Crippen MR) is 76.6 cm³/mol. The van der Waals surface area contributed by atoms with Gasteiger partial charge in [-0.2, -0.15) is 13.8 Å². The third kappa shape index (κ3) is 3.75. The van der Waals surface area contributed by atoms with Crippen molar-refractivity contribution in [3.05, 3.63) is 48.4 Å². The van der Waals surface area contributed by atoms with Crippen molar-refractivity contribution in [3.63, 3.8) is 0 Å². The normalized spacial score (nSPS) is 11.4. The first-order chi connectivity index (χ1) is 11.0. The number of nitrogens with one attached hydrogen (secondary N) is 1. The summed E-state index contributed by atoms with van der Waals surface area (Å²) in [6.45, 7) is 0.449. The predicted octanol–water partition coefficient (Wildman–Crippen LogP) is 2.82. The lowest BCUT2D eigenvalue weighted by Crippen LogP contribution is -2.05. The molecule has 3 rings (SSSR count). The van der Waals surface area contributed by atoms with E-state index >= 15 is 0 Å². The van der Waals surface area contributed by atoms with Crippen molar-refractivity contribution in [1.82, 2.24) is 25.1 Å². The molecule has 10 heteroatoms. The lowest BCUT2D eigenvalue weighted by Gasteiger charge is -2.03. The molecule has 3 aromatic rings. The molecule has 3 heterocycles. The lowest BCUT2D eigenvalue weighted by molar-refractivity contribution is 0.0551. The smallest absolute Gasteiger partial charge is 0.349 e. The number of nitrogens with zero attached hydrogens (tertiary/aromatic N) is 5. The SMILES string of the molecule is FC(F)(Cl)c1nc(-c2cnc(NCc3ccccn3)nc2)no1. The Morgan fingerprint density at radius 2 is 1.96 bits per heavy atom. The largest absolute Gasteiger partial charge is 0.400 e. The van der Waals surface area contributed by atoms with Gasteiger partial charge in [-0.25, -0.2) is 9.97 Å². The molecule has 0 aliphatic rings. The maximum absolute atomic E-state index is 12.8. The summed E-state index contributed by atoms with van der Waals surface area (Å²) in [5, 5.41) is 2.68. The average molecular weight is 339 g/mol. The summed E-state index contributed by atoms with van der Waals surface area (Å²) in [5.41, 5.74) is 1.15. The maximum Gasteiger partial charge on any atom is 0.400 e. The lowest BCUT2D eigenvalue weighted by atomic mass is 10.3. The molecule has 0 saturated carbocycles. The minimum atomic E-state index is -3.71. The third-order valence-electron chi connectivity index (χ3n) is 2.73. The second kappa shape index (κ2) is 6.21. The minimum Gasteiger partial charge on any atom is -0.349 e. The van der Waals surface area contributed by atoms with E-state index in [1.165, 1.54) is 12.4 Å². The molecule has 0 radical (unpaired) electrons. The van der Waals surface area contributed by atoms with Crippen LogP contribution in [0.1, 0.15) is 11.6 Å². The number of aromatic nitrogens is 5. The zero-order valence-corrected chi connectivity index (χ0v) is 12.2. The van der Waals surface area contributed by atoms with Crippen molar-refractivity contribution < 1.29 is 13.3 Å². The van der Waals surface area contributed by atoms with Gasteiger partial charge in [-0.05, 0) is 23.7 Å². The first-order valence-corrected chi connectivity index (χ1v) is 6.77. The molecule has 0 spiro atoms. The van der Waals surface area contributed by atoms with Gasteiger partial charge in [0.15, 0.2) is 0 Å². The summed E-state index contributed by atoms with van der Waals surface area (Å²) < 4.78 is 30.1. The number of halogens is 3. The van der Waals surface area contributed by atoms with Gasteiger partial charge in [-0.3, -0.25) is 4.98 Å². The minimum absolute atomic E-state index is 0.0726. The molecule has 1 N–H and O–H groups in total. The summed E-state index contributed by atoms with van der Waals surface area (Å²) in [7, 11) is 0. The van der Waals surface area contributed by atoms with Crippen molar-refractivity contribution >= 4 is 17.5 Å². The summed E-state index contributed by atoms with van der Waals surface area (Å²) in [6, 6.07) is 5.54. The molecule has 0 atom stereocenters. The van der Waals surface area contributed by atoms with Gasteiger partial charge in [0.25, 0.3) is 0 Å². The Bertz CT molecular complexity index is 775. The van der Waals surface area contributed by atoms with Crippen molar-refractivity contribution in [2.75, 3.05) is 5.32 Å². The Kier molecular flexibility index (Phi) is 4.11. The number of alkyl halides is 3. The number of pyridine rings is 1. The molecule has 0 bridgehead atoms. The van der Waals surface area contributed by atoms with E-state index in [0.717, 1.165) is 5.69 Å². The van der Waals surface area contributed by atoms with Crippen LogP contribution < -0.4 is 5.32 Å². The molecule has 0 fully saturated rings. The molecular weight excluding hydrogens is 330 g/mol. The standard InChI is InChI=1S/C13H9ClF2N6O/c14-13(15,16)11-21-10(22-23-11)8-5-18-12(19-6-8)20-7-9-3-1-2-4-17-9/h1-6H,7H2,(H,18,19,20). The fraction of sp³-hybridized carbons (Fsp3) is 0.154. The highest BCUT2D eigenvalue weighted by Crippen LogP contribution is 2.31. The molecule has 0 aliphatic carbocycles. The van der Waals surface area contributed by atoms with Gasteiger partial charge in [-0.15, -0.1) is 0 Å². The quantitative estimate of drug-likeness (QED) is 0.715. The number of hydrogen-bond acceptors (Lipinski definition) is 7. The maximum atomic E-state index is 12.8. The second-order valence-corrected chi connectivity index (χ2v) is 4.87. The van der Waals surface area contributed by atoms with Gasteiger partial charge >= 0.3 is 11.3 Å². The molecule has 7 nitrogen and oxygen atoms in total. The topological polar surface area (TPSA) is 89.6 Å². The Labute approximate surface area is 133 Å². The van der Waals surface area contributed by atoms with E-state index in [4.69, 9.17) is 11.6 Å². The van der Waals surface area contributed by atoms with Crippen LogP contribution in [-0.2, 0) is 11.9 Å². The zero-order valence-electron chi connectivity index (χ0n) is 11.4. The molecule has 0 unspecified atom stereocenters. The van der Waals surface area contributed by atoms with Gasteiger partial charge in [0.1, 0.15) is 0 Å². The Morgan fingerprint density at radius 3 is 2.57 bits per heavy atom. The van der Waals surface area contributed by atoms with Gasteiger partial charge in [0, 0.05) is 18.6 Å². The van der Waals surface area contributed by atoms with E-state index < -0.39 is 11.3 Å². The highest BCUT2D eigenvalue weighted by Gasteiger charge is 2.35. The Morgan fingerprint density at radius 1 is 1.17 bits per heavy atom. The van der Waals surface area contributed by atoms with Crippen LogP contribution in [0.4, 0.5) is 14.7 Å². The Hall–Kier alpha value is -2.68. The molecule has 118 valence electrons. The second-order valence-electron chi connectivity index (χ2n) is 4.39. The van der Waals surface area contributed by atoms with Gasteiger partial charge < -0.3 is 9.84 Å². The number of hydrogen-bond donors (Lipinski definition) is 1. The van der Waals surface area contributed by atoms with E-state index in [1.807, 2.05) is 18.2 Å². The van der Waals surface area contributed by atoms with E-state index in [2.05, 4.69) is 34.9 Å². The van der Waals surface area contributed by atoms with Crippen molar-refractivity contribution in [1.29, 1.82) is 0 Å². The third-order valence-corrected chi connectivity index (χ3v) is 2.89. The zero-order chi connectivity index (χ0) is 16.3. The molecular formula is C13H9ClF2N6O. The van der Waals surface area contributed by atoms with Crippen LogP contribution >= 0.6 is 11.6 Å². The molecule has 0 saturated heterocycles. The molecule has 0 aromatic carbocycles. The van der Waals surface area contributed by atoms with Crippen LogP contribution in [0.15, 0.2) is 41.3 Å². The van der Waals surface area contributed by atoms with Crippen molar-refractivity contribution in [2.24, 2.45) is 0 Å². The monoisotopic (exact) mass is 338 g/mol. The van der Waals surface area contributed by atoms with E-state index in [1.54, 1.807) is 6.20 Å². The highest BCUT2D eigenvalue weighted by molar-refractivity contribution is 6.21. The summed E-state index contributed by atoms with van der Waals surface area (Å²) >= 11 is 4.81. The summed E-state index contributed by atoms with van der Waals surface area (Å²) in [4.78, 5) is 15.8. The van der Waals surface area contributed by atoms with Crippen LogP contribution in [0.2, 0.25) is 0 Å². The average Bonchev–Trinajstić information content (AvgIpc) is 3.05. The van der Waals surface area contributed by atoms with E-state index in [0.29, 0.717) is 18.1 Å². The van der Waals surface area contributed by atoms with Gasteiger partial charge in [0.05, 0.1) is 17.8 Å². The molecule has 23 heavy (non-hydrogen) atoms. The molecule has 0 amide bonds. The van der Waals surface area contributed by atoms with E-state index in [-0.39, 0.29) is 5.82 Å². The fourth-order valence-electron chi connectivity index (χ4n) is 1.66. The van der Waals surface area contributed by atoms with Crippen molar-refractivity contribution in [2.45, 2.75) is 11.9 Å². The van der Waals surface area contributed by atoms with Crippen LogP contribution in [0.3, 0.4) is 0 Å². The van der Waals surface area contributed by atoms with E-state index in [9.17, 15) is 8.78 Å². The highest BCUT2D eigenvalue weighted by atomic mass is 35.5. The Balaban J connectivity index is 1.68.